The van der Waals surface area contributed by atoms with Crippen LogP contribution in [0.25, 0.3) is 0 Å². The van der Waals surface area contributed by atoms with Gasteiger partial charge in [0.15, 0.2) is 5.69 Å². The number of aryl methyl sites for hydroxylation is 1. The summed E-state index contributed by atoms with van der Waals surface area (Å²) >= 11 is 6.10. The minimum Gasteiger partial charge on any atom is -0.487 e. The molecule has 4 aromatic rings. The number of amides is 1. The van der Waals surface area contributed by atoms with Gasteiger partial charge in [0.1, 0.15) is 30.3 Å². The molecule has 0 aliphatic heterocycles. The molecule has 2 aromatic carbocycles. The average Bonchev–Trinajstić information content (AvgIpc) is 3.35. The number of nitrogens with one attached hydrogen (secondary N) is 1. The van der Waals surface area contributed by atoms with Crippen LogP contribution >= 0.6 is 11.6 Å². The number of carbonyl (C=O) groups excluding carboxylic acids is 1. The van der Waals surface area contributed by atoms with Crippen LogP contribution in [0, 0.1) is 12.7 Å². The first-order chi connectivity index (χ1) is 15.0. The second kappa shape index (κ2) is 8.97. The number of benzene rings is 2. The largest absolute Gasteiger partial charge is 0.487 e. The highest BCUT2D eigenvalue weighted by molar-refractivity contribution is 6.32. The van der Waals surface area contributed by atoms with Gasteiger partial charge in [-0.15, -0.1) is 5.10 Å². The van der Waals surface area contributed by atoms with Crippen molar-refractivity contribution < 1.29 is 18.4 Å². The highest BCUT2D eigenvalue weighted by Crippen LogP contribution is 2.25. The second-order valence-corrected chi connectivity index (χ2v) is 7.04. The van der Waals surface area contributed by atoms with E-state index in [1.807, 2.05) is 0 Å². The molecule has 2 heterocycles. The van der Waals surface area contributed by atoms with Crippen molar-refractivity contribution in [1.29, 1.82) is 0 Å². The molecule has 0 radical (unpaired) electrons. The van der Waals surface area contributed by atoms with Crippen LogP contribution < -0.4 is 10.1 Å². The summed E-state index contributed by atoms with van der Waals surface area (Å²) in [6, 6.07) is 13.1. The molecule has 0 unspecified atom stereocenters. The van der Waals surface area contributed by atoms with Gasteiger partial charge in [-0.3, -0.25) is 10.1 Å². The summed E-state index contributed by atoms with van der Waals surface area (Å²) in [5.41, 5.74) is 1.40. The molecule has 158 valence electrons. The molecule has 8 nitrogen and oxygen atoms in total. The van der Waals surface area contributed by atoms with E-state index in [1.54, 1.807) is 43.3 Å². The van der Waals surface area contributed by atoms with E-state index in [2.05, 4.69) is 20.6 Å². The van der Waals surface area contributed by atoms with Crippen molar-refractivity contribution in [3.05, 3.63) is 88.3 Å². The fourth-order valence-corrected chi connectivity index (χ4v) is 3.01. The Labute approximate surface area is 181 Å². The minimum absolute atomic E-state index is 0.0499. The number of halogens is 2. The zero-order chi connectivity index (χ0) is 21.8. The van der Waals surface area contributed by atoms with Gasteiger partial charge < -0.3 is 9.26 Å². The smallest absolute Gasteiger partial charge is 0.280 e. The number of ether oxygens (including phenoxy) is 1. The summed E-state index contributed by atoms with van der Waals surface area (Å²) in [6.07, 6.45) is 1.47. The van der Waals surface area contributed by atoms with Gasteiger partial charge in [-0.2, -0.15) is 0 Å². The van der Waals surface area contributed by atoms with E-state index >= 15 is 0 Å². The van der Waals surface area contributed by atoms with Gasteiger partial charge in [0.05, 0.1) is 17.1 Å². The highest BCUT2D eigenvalue weighted by Gasteiger charge is 2.22. The lowest BCUT2D eigenvalue weighted by atomic mass is 10.2. The third kappa shape index (κ3) is 4.89. The monoisotopic (exact) mass is 441 g/mol. The molecule has 0 aliphatic carbocycles. The molecule has 4 rings (SSSR count). The first kappa shape index (κ1) is 20.5. The van der Waals surface area contributed by atoms with E-state index in [0.717, 1.165) is 5.56 Å². The molecule has 0 atom stereocenters. The third-order valence-corrected chi connectivity index (χ3v) is 4.74. The molecular formula is C21H17ClFN5O3. The predicted molar refractivity (Wildman–Crippen MR) is 111 cm³/mol. The Morgan fingerprint density at radius 1 is 1.23 bits per heavy atom. The lowest BCUT2D eigenvalue weighted by Crippen LogP contribution is -2.16. The first-order valence-electron chi connectivity index (χ1n) is 9.27. The zero-order valence-corrected chi connectivity index (χ0v) is 17.1. The normalized spacial score (nSPS) is 10.8. The van der Waals surface area contributed by atoms with Gasteiger partial charge in [0, 0.05) is 0 Å². The number of anilines is 1. The maximum atomic E-state index is 13.0. The van der Waals surface area contributed by atoms with Crippen molar-refractivity contribution in [3.63, 3.8) is 0 Å². The number of nitrogens with zero attached hydrogens (tertiary/aromatic N) is 4. The Balaban J connectivity index is 1.43. The van der Waals surface area contributed by atoms with Crippen LogP contribution in [0.1, 0.15) is 27.4 Å². The van der Waals surface area contributed by atoms with Crippen molar-refractivity contribution >= 4 is 23.5 Å². The maximum Gasteiger partial charge on any atom is 0.280 e. The molecule has 0 spiro atoms. The summed E-state index contributed by atoms with van der Waals surface area (Å²) in [5.74, 6) is 0.191. The summed E-state index contributed by atoms with van der Waals surface area (Å²) in [5, 5.41) is 11.1. The second-order valence-electron chi connectivity index (χ2n) is 6.63. The topological polar surface area (TPSA) is 95.1 Å². The molecule has 1 amide bonds. The third-order valence-electron chi connectivity index (χ3n) is 4.43. The van der Waals surface area contributed by atoms with E-state index in [0.29, 0.717) is 28.6 Å². The Bertz CT molecular complexity index is 1210. The van der Waals surface area contributed by atoms with Crippen LogP contribution in [0.15, 0.2) is 59.4 Å². The van der Waals surface area contributed by atoms with Crippen LogP contribution in [0.4, 0.5) is 10.3 Å². The molecule has 0 saturated heterocycles. The number of para-hydroxylation sites is 1. The van der Waals surface area contributed by atoms with Crippen molar-refractivity contribution in [2.75, 3.05) is 5.32 Å². The molecule has 0 saturated carbocycles. The summed E-state index contributed by atoms with van der Waals surface area (Å²) in [7, 11) is 0. The number of aromatic nitrogens is 4. The van der Waals surface area contributed by atoms with E-state index in [-0.39, 0.29) is 24.1 Å². The van der Waals surface area contributed by atoms with Crippen LogP contribution in [0.2, 0.25) is 5.02 Å². The van der Waals surface area contributed by atoms with Crippen molar-refractivity contribution in [2.24, 2.45) is 0 Å². The fourth-order valence-electron chi connectivity index (χ4n) is 2.82. The quantitative estimate of drug-likeness (QED) is 0.460. The molecule has 31 heavy (non-hydrogen) atoms. The van der Waals surface area contributed by atoms with E-state index in [1.165, 1.54) is 23.1 Å². The Hall–Kier alpha value is -3.72. The Morgan fingerprint density at radius 2 is 2.00 bits per heavy atom. The molecule has 2 aromatic heterocycles. The van der Waals surface area contributed by atoms with Crippen LogP contribution in [0.3, 0.4) is 0 Å². The lowest BCUT2D eigenvalue weighted by molar-refractivity contribution is 0.101. The first-order valence-corrected chi connectivity index (χ1v) is 9.65. The molecule has 0 aliphatic rings. The molecule has 1 N–H and O–H groups in total. The van der Waals surface area contributed by atoms with E-state index in [9.17, 15) is 9.18 Å². The number of carbonyl (C=O) groups is 1. The Kier molecular flexibility index (Phi) is 5.94. The van der Waals surface area contributed by atoms with Gasteiger partial charge in [0.2, 0.25) is 5.95 Å². The van der Waals surface area contributed by atoms with Crippen LogP contribution in [-0.2, 0) is 13.2 Å². The number of rotatable bonds is 7. The molecular weight excluding hydrogens is 425 g/mol. The minimum atomic E-state index is -0.533. The van der Waals surface area contributed by atoms with E-state index in [4.69, 9.17) is 20.9 Å². The molecule has 0 bridgehead atoms. The van der Waals surface area contributed by atoms with Crippen LogP contribution in [-0.4, -0.2) is 25.8 Å². The molecule has 0 fully saturated rings. The van der Waals surface area contributed by atoms with Gasteiger partial charge >= 0.3 is 0 Å². The van der Waals surface area contributed by atoms with Crippen molar-refractivity contribution in [1.82, 2.24) is 19.9 Å². The van der Waals surface area contributed by atoms with Crippen LogP contribution in [0.5, 0.6) is 5.75 Å². The fraction of sp³-hybridized carbons (Fsp3) is 0.143. The van der Waals surface area contributed by atoms with Crippen molar-refractivity contribution in [3.8, 4) is 5.75 Å². The predicted octanol–water partition coefficient (Wildman–Crippen LogP) is 4.25. The summed E-state index contributed by atoms with van der Waals surface area (Å²) in [4.78, 5) is 16.8. The standard InChI is InChI=1S/C21H17ClFN5O3/c1-13-16(11-30-18-5-3-2-4-17(18)22)19(27-31-13)20(29)25-21-24-12-28(26-21)10-14-6-8-15(23)9-7-14/h2-9,12H,10-11H2,1H3,(H,25,26,29). The van der Waals surface area contributed by atoms with Gasteiger partial charge in [-0.05, 0) is 36.8 Å². The number of hydrogen-bond acceptors (Lipinski definition) is 6. The summed E-state index contributed by atoms with van der Waals surface area (Å²) < 4.78 is 25.4. The number of hydrogen-bond donors (Lipinski definition) is 1. The zero-order valence-electron chi connectivity index (χ0n) is 16.4. The molecule has 10 heteroatoms. The van der Waals surface area contributed by atoms with Gasteiger partial charge in [-0.25, -0.2) is 14.1 Å². The Morgan fingerprint density at radius 3 is 2.77 bits per heavy atom. The van der Waals surface area contributed by atoms with Crippen molar-refractivity contribution in [2.45, 2.75) is 20.1 Å². The average molecular weight is 442 g/mol. The lowest BCUT2D eigenvalue weighted by Gasteiger charge is -2.07. The van der Waals surface area contributed by atoms with Gasteiger partial charge in [-0.1, -0.05) is 41.0 Å². The maximum absolute atomic E-state index is 13.0. The SMILES string of the molecule is Cc1onc(C(=O)Nc2ncn(Cc3ccc(F)cc3)n2)c1COc1ccccc1Cl. The van der Waals surface area contributed by atoms with Gasteiger partial charge in [0.25, 0.3) is 5.91 Å². The van der Waals surface area contributed by atoms with E-state index < -0.39 is 5.91 Å². The summed E-state index contributed by atoms with van der Waals surface area (Å²) in [6.45, 7) is 2.11. The highest BCUT2D eigenvalue weighted by atomic mass is 35.5.